The second-order valence-corrected chi connectivity index (χ2v) is 12.6. The lowest BCUT2D eigenvalue weighted by Gasteiger charge is -2.15. The molecule has 1 aliphatic rings. The van der Waals surface area contributed by atoms with Crippen LogP contribution in [0, 0.1) is 0 Å². The van der Waals surface area contributed by atoms with E-state index in [4.69, 9.17) is 0 Å². The lowest BCUT2D eigenvalue weighted by molar-refractivity contribution is 0.598. The highest BCUT2D eigenvalue weighted by molar-refractivity contribution is 7.08. The maximum Gasteiger partial charge on any atom is -0.00106 e. The smallest absolute Gasteiger partial charge is 0.00106 e. The molecule has 1 aliphatic carbocycles. The van der Waals surface area contributed by atoms with Crippen LogP contribution in [0.25, 0.3) is 11.1 Å². The molecule has 0 atom stereocenters. The number of unbranched alkanes of at least 4 members (excludes halogenated alkanes) is 10. The second kappa shape index (κ2) is 23.9. The fraction of sp³-hybridized carbons (Fsp3) is 0.425. The van der Waals surface area contributed by atoms with Crippen molar-refractivity contribution in [3.05, 3.63) is 123 Å². The van der Waals surface area contributed by atoms with E-state index in [0.717, 1.165) is 6.42 Å². The summed E-state index contributed by atoms with van der Waals surface area (Å²) in [5, 5.41) is 8.17. The topological polar surface area (TPSA) is 0 Å². The Labute approximate surface area is 266 Å². The van der Waals surface area contributed by atoms with E-state index < -0.39 is 0 Å². The van der Waals surface area contributed by atoms with E-state index in [0.29, 0.717) is 0 Å². The highest BCUT2D eigenvalue weighted by Gasteiger charge is 2.22. The first kappa shape index (κ1) is 35.6. The van der Waals surface area contributed by atoms with Crippen molar-refractivity contribution < 1.29 is 0 Å². The molecule has 0 saturated heterocycles. The Balaban J connectivity index is 0.000000388. The van der Waals surface area contributed by atoms with Crippen LogP contribution in [0.1, 0.15) is 113 Å². The van der Waals surface area contributed by atoms with Gasteiger partial charge in [-0.25, -0.2) is 0 Å². The number of hydrogen-bond donors (Lipinski definition) is 0. The van der Waals surface area contributed by atoms with Gasteiger partial charge in [-0.05, 0) is 87.0 Å². The summed E-state index contributed by atoms with van der Waals surface area (Å²) in [6.07, 6.45) is 20.4. The van der Waals surface area contributed by atoms with Gasteiger partial charge in [0.1, 0.15) is 0 Å². The molecule has 42 heavy (non-hydrogen) atoms. The molecule has 0 amide bonds. The number of rotatable bonds is 14. The van der Waals surface area contributed by atoms with Crippen molar-refractivity contribution >= 4 is 22.7 Å². The SMILES string of the molecule is C=C=C.CCCCCCCCc1ccc2c(c1CCCCCCCC)Cc1ccccc1-2.c1ccsc1.c1ccsc1. The Kier molecular flexibility index (Phi) is 20.2. The minimum absolute atomic E-state index is 1.15. The standard InChI is InChI=1S/C29H42.2C4H4S.C3H4/c1-3-5-7-9-11-13-17-24-21-22-28-27-20-16-15-18-25(27)23-29(28)26(24)19-14-12-10-8-6-4-2;2*1-2-4-5-3-1;1-3-2/h15-16,18,20-22H,3-14,17,19,23H2,1-2H3;2*1-4H;1-2H2. The zero-order chi connectivity index (χ0) is 30.1. The normalized spacial score (nSPS) is 10.5. The van der Waals surface area contributed by atoms with Gasteiger partial charge in [0, 0.05) is 0 Å². The Hall–Kier alpha value is -2.64. The third-order valence-corrected chi connectivity index (χ3v) is 8.89. The molecule has 0 saturated carbocycles. The molecule has 0 aliphatic heterocycles. The first-order valence-corrected chi connectivity index (χ1v) is 18.1. The van der Waals surface area contributed by atoms with Crippen molar-refractivity contribution in [1.29, 1.82) is 0 Å². The van der Waals surface area contributed by atoms with Gasteiger partial charge in [-0.3, -0.25) is 0 Å². The summed E-state index contributed by atoms with van der Waals surface area (Å²) in [7, 11) is 0. The van der Waals surface area contributed by atoms with Gasteiger partial charge in [0.2, 0.25) is 0 Å². The summed E-state index contributed by atoms with van der Waals surface area (Å²) >= 11 is 3.43. The third-order valence-electron chi connectivity index (χ3n) is 7.63. The van der Waals surface area contributed by atoms with Gasteiger partial charge in [-0.15, -0.1) is 5.73 Å². The molecule has 0 nitrogen and oxygen atoms in total. The van der Waals surface area contributed by atoms with Crippen molar-refractivity contribution in [2.24, 2.45) is 0 Å². The average Bonchev–Trinajstić information content (AvgIpc) is 3.82. The molecule has 2 heteroatoms. The molecule has 0 fully saturated rings. The first-order chi connectivity index (χ1) is 20.8. The quantitative estimate of drug-likeness (QED) is 0.0881. The summed E-state index contributed by atoms with van der Waals surface area (Å²) in [4.78, 5) is 0. The van der Waals surface area contributed by atoms with Crippen molar-refractivity contribution in [2.45, 2.75) is 110 Å². The number of thiophene rings is 2. The number of fused-ring (bicyclic) bond motifs is 3. The first-order valence-electron chi connectivity index (χ1n) is 16.2. The summed E-state index contributed by atoms with van der Waals surface area (Å²) in [5.74, 6) is 0. The molecule has 4 aromatic rings. The maximum atomic E-state index is 3.12. The van der Waals surface area contributed by atoms with Crippen molar-refractivity contribution in [3.63, 3.8) is 0 Å². The van der Waals surface area contributed by atoms with E-state index in [1.807, 2.05) is 45.8 Å². The van der Waals surface area contributed by atoms with Crippen LogP contribution in [0.5, 0.6) is 0 Å². The zero-order valence-electron chi connectivity index (χ0n) is 26.4. The van der Waals surface area contributed by atoms with Gasteiger partial charge in [-0.1, -0.05) is 152 Å². The number of hydrogen-bond acceptors (Lipinski definition) is 2. The molecule has 0 unspecified atom stereocenters. The molecule has 0 radical (unpaired) electrons. The van der Waals surface area contributed by atoms with Gasteiger partial charge in [0.15, 0.2) is 0 Å². The van der Waals surface area contributed by atoms with E-state index in [9.17, 15) is 0 Å². The minimum Gasteiger partial charge on any atom is -0.152 e. The van der Waals surface area contributed by atoms with Crippen LogP contribution >= 0.6 is 22.7 Å². The van der Waals surface area contributed by atoms with Crippen molar-refractivity contribution in [1.82, 2.24) is 0 Å². The van der Waals surface area contributed by atoms with Gasteiger partial charge >= 0.3 is 0 Å². The van der Waals surface area contributed by atoms with Gasteiger partial charge in [0.25, 0.3) is 0 Å². The minimum atomic E-state index is 1.15. The summed E-state index contributed by atoms with van der Waals surface area (Å²) < 4.78 is 0. The average molecular weight is 599 g/mol. The molecule has 2 heterocycles. The predicted molar refractivity (Wildman–Crippen MR) is 192 cm³/mol. The Morgan fingerprint density at radius 1 is 0.571 bits per heavy atom. The van der Waals surface area contributed by atoms with E-state index in [-0.39, 0.29) is 0 Å². The largest absolute Gasteiger partial charge is 0.152 e. The zero-order valence-corrected chi connectivity index (χ0v) is 28.1. The molecule has 0 N–H and O–H groups in total. The van der Waals surface area contributed by atoms with Crippen molar-refractivity contribution in [2.75, 3.05) is 0 Å². The molecular weight excluding hydrogens is 545 g/mol. The lowest BCUT2D eigenvalue weighted by Crippen LogP contribution is -2.01. The van der Waals surface area contributed by atoms with Gasteiger partial charge < -0.3 is 0 Å². The molecule has 5 rings (SSSR count). The number of aryl methyl sites for hydroxylation is 1. The van der Waals surface area contributed by atoms with Gasteiger partial charge in [-0.2, -0.15) is 22.7 Å². The fourth-order valence-electron chi connectivity index (χ4n) is 5.50. The molecule has 2 aromatic heterocycles. The highest BCUT2D eigenvalue weighted by atomic mass is 32.1. The molecule has 0 spiro atoms. The number of benzene rings is 2. The monoisotopic (exact) mass is 598 g/mol. The molecule has 226 valence electrons. The second-order valence-electron chi connectivity index (χ2n) is 10.9. The lowest BCUT2D eigenvalue weighted by atomic mass is 9.89. The van der Waals surface area contributed by atoms with Crippen LogP contribution in [0.3, 0.4) is 0 Å². The fourth-order valence-corrected chi connectivity index (χ4v) is 6.41. The van der Waals surface area contributed by atoms with E-state index in [1.165, 1.54) is 107 Å². The Bertz CT molecular complexity index is 1130. The van der Waals surface area contributed by atoms with Crippen LogP contribution in [0.2, 0.25) is 0 Å². The van der Waals surface area contributed by atoms with Crippen molar-refractivity contribution in [3.8, 4) is 11.1 Å². The van der Waals surface area contributed by atoms with Crippen LogP contribution in [0.4, 0.5) is 0 Å². The predicted octanol–water partition coefficient (Wildman–Crippen LogP) is 13.5. The third kappa shape index (κ3) is 14.0. The molecular formula is C40H54S2. The molecule has 0 bridgehead atoms. The van der Waals surface area contributed by atoms with Crippen LogP contribution in [-0.2, 0) is 19.3 Å². The Morgan fingerprint density at radius 2 is 1.07 bits per heavy atom. The summed E-state index contributed by atoms with van der Waals surface area (Å²) in [6, 6.07) is 22.0. The van der Waals surface area contributed by atoms with E-state index in [1.54, 1.807) is 39.4 Å². The maximum absolute atomic E-state index is 3.12. The van der Waals surface area contributed by atoms with E-state index in [2.05, 4.69) is 69.1 Å². The Morgan fingerprint density at radius 3 is 1.60 bits per heavy atom. The van der Waals surface area contributed by atoms with E-state index >= 15 is 0 Å². The van der Waals surface area contributed by atoms with Crippen LogP contribution in [-0.4, -0.2) is 0 Å². The summed E-state index contributed by atoms with van der Waals surface area (Å²) in [5.41, 5.74) is 11.8. The summed E-state index contributed by atoms with van der Waals surface area (Å²) in [6.45, 7) is 10.9. The highest BCUT2D eigenvalue weighted by Crippen LogP contribution is 2.40. The molecule has 2 aromatic carbocycles. The van der Waals surface area contributed by atoms with Gasteiger partial charge in [0.05, 0.1) is 0 Å². The van der Waals surface area contributed by atoms with Crippen LogP contribution < -0.4 is 0 Å². The van der Waals surface area contributed by atoms with Crippen LogP contribution in [0.15, 0.2) is 101 Å².